The van der Waals surface area contributed by atoms with Gasteiger partial charge >= 0.3 is 13.2 Å². The number of hydrogen-bond donors (Lipinski definition) is 0. The van der Waals surface area contributed by atoms with Gasteiger partial charge in [-0.3, -0.25) is 0 Å². The van der Waals surface area contributed by atoms with Gasteiger partial charge < -0.3 is 12.9 Å². The molecule has 0 saturated heterocycles. The number of alkyl halides is 4. The van der Waals surface area contributed by atoms with Crippen LogP contribution in [0.15, 0.2) is 18.2 Å². The summed E-state index contributed by atoms with van der Waals surface area (Å²) in [5, 5.41) is -0.270. The summed E-state index contributed by atoms with van der Waals surface area (Å²) in [5.41, 5.74) is -2.47. The summed E-state index contributed by atoms with van der Waals surface area (Å²) in [5.74, 6) is 0. The summed E-state index contributed by atoms with van der Waals surface area (Å²) in [6.45, 7) is -5.29. The van der Waals surface area contributed by atoms with Crippen molar-refractivity contribution in [1.29, 1.82) is 0 Å². The second kappa shape index (κ2) is 4.31. The van der Waals surface area contributed by atoms with Crippen molar-refractivity contribution in [3.05, 3.63) is 29.3 Å². The molecule has 0 spiro atoms. The number of rotatable bonds is 2. The molecule has 1 rings (SSSR count). The lowest BCUT2D eigenvalue weighted by Gasteiger charge is -2.20. The molecule has 0 unspecified atom stereocenters. The molecular weight excluding hydrogens is 301 g/mol. The van der Waals surface area contributed by atoms with Crippen LogP contribution in [0.1, 0.15) is 11.1 Å². The molecule has 0 N–H and O–H groups in total. The number of hydrogen-bond acceptors (Lipinski definition) is 0. The van der Waals surface area contributed by atoms with Crippen molar-refractivity contribution in [3.8, 4) is 0 Å². The van der Waals surface area contributed by atoms with Gasteiger partial charge in [0.15, 0.2) is 0 Å². The first-order valence-electron chi connectivity index (χ1n) is 4.12. The highest BCUT2D eigenvalue weighted by atomic mass is 79.9. The molecule has 0 aliphatic carbocycles. The van der Waals surface area contributed by atoms with Gasteiger partial charge in [0.25, 0.3) is 0 Å². The van der Waals surface area contributed by atoms with Gasteiger partial charge in [-0.2, -0.15) is 13.2 Å². The largest absolute Gasteiger partial charge is 0.509 e. The lowest BCUT2D eigenvalue weighted by Crippen LogP contribution is -2.37. The molecule has 0 amide bonds. The molecule has 0 fully saturated rings. The first-order chi connectivity index (χ1) is 7.16. The summed E-state index contributed by atoms with van der Waals surface area (Å²) < 4.78 is 74.0. The van der Waals surface area contributed by atoms with Crippen LogP contribution in [0.4, 0.5) is 26.1 Å². The molecular formula is C8H5BBrF6-. The number of halogens is 7. The predicted molar refractivity (Wildman–Crippen MR) is 52.8 cm³/mol. The summed E-state index contributed by atoms with van der Waals surface area (Å²) in [4.78, 5) is 0. The van der Waals surface area contributed by atoms with E-state index in [2.05, 4.69) is 15.9 Å². The summed E-state index contributed by atoms with van der Waals surface area (Å²) >= 11 is 2.74. The van der Waals surface area contributed by atoms with Gasteiger partial charge in [0, 0.05) is 5.33 Å². The Morgan fingerprint density at radius 2 is 1.69 bits per heavy atom. The van der Waals surface area contributed by atoms with E-state index in [1.54, 1.807) is 0 Å². The van der Waals surface area contributed by atoms with E-state index in [0.717, 1.165) is 0 Å². The molecule has 0 radical (unpaired) electrons. The van der Waals surface area contributed by atoms with Gasteiger partial charge in [0.2, 0.25) is 0 Å². The average molecular weight is 306 g/mol. The fourth-order valence-electron chi connectivity index (χ4n) is 1.22. The van der Waals surface area contributed by atoms with Crippen molar-refractivity contribution in [2.45, 2.75) is 11.5 Å². The van der Waals surface area contributed by atoms with Crippen molar-refractivity contribution in [2.24, 2.45) is 0 Å². The van der Waals surface area contributed by atoms with E-state index in [1.165, 1.54) is 0 Å². The Bertz CT molecular complexity index is 383. The fourth-order valence-corrected chi connectivity index (χ4v) is 1.70. The maximum Gasteiger partial charge on any atom is 0.509 e. The molecule has 0 nitrogen and oxygen atoms in total. The van der Waals surface area contributed by atoms with Crippen molar-refractivity contribution in [1.82, 2.24) is 0 Å². The fraction of sp³-hybridized carbons (Fsp3) is 0.250. The monoisotopic (exact) mass is 305 g/mol. The Hall–Kier alpha value is -0.655. The zero-order valence-electron chi connectivity index (χ0n) is 7.66. The Labute approximate surface area is 95.8 Å². The highest BCUT2D eigenvalue weighted by Gasteiger charge is 2.33. The van der Waals surface area contributed by atoms with Crippen LogP contribution in [-0.4, -0.2) is 6.98 Å². The smallest absolute Gasteiger partial charge is 0.445 e. The minimum Gasteiger partial charge on any atom is -0.445 e. The Morgan fingerprint density at radius 3 is 2.06 bits per heavy atom. The number of benzene rings is 1. The molecule has 0 aromatic heterocycles. The quantitative estimate of drug-likeness (QED) is 0.444. The molecule has 1 aromatic rings. The average Bonchev–Trinajstić information content (AvgIpc) is 2.14. The maximum absolute atomic E-state index is 12.4. The zero-order chi connectivity index (χ0) is 12.6. The third-order valence-electron chi connectivity index (χ3n) is 1.97. The maximum atomic E-state index is 12.4. The highest BCUT2D eigenvalue weighted by molar-refractivity contribution is 9.08. The minimum atomic E-state index is -5.29. The van der Waals surface area contributed by atoms with Crippen molar-refractivity contribution in [3.63, 3.8) is 0 Å². The lowest BCUT2D eigenvalue weighted by atomic mass is 9.76. The SMILES string of the molecule is F[B-](F)(F)c1ccc(C(F)(F)F)cc1CBr. The van der Waals surface area contributed by atoms with Crippen LogP contribution in [0.3, 0.4) is 0 Å². The third-order valence-corrected chi connectivity index (χ3v) is 2.57. The van der Waals surface area contributed by atoms with Crippen LogP contribution in [-0.2, 0) is 11.5 Å². The lowest BCUT2D eigenvalue weighted by molar-refractivity contribution is -0.137. The molecule has 0 saturated carbocycles. The zero-order valence-corrected chi connectivity index (χ0v) is 9.25. The molecule has 90 valence electrons. The molecule has 0 heterocycles. The summed E-state index contributed by atoms with van der Waals surface area (Å²) in [6, 6.07) is 1.43. The van der Waals surface area contributed by atoms with Crippen LogP contribution in [0.2, 0.25) is 0 Å². The Balaban J connectivity index is 3.28. The van der Waals surface area contributed by atoms with Crippen molar-refractivity contribution >= 4 is 28.4 Å². The molecule has 1 aromatic carbocycles. The summed E-state index contributed by atoms with van der Waals surface area (Å²) in [6.07, 6.45) is -4.63. The van der Waals surface area contributed by atoms with E-state index >= 15 is 0 Å². The first-order valence-corrected chi connectivity index (χ1v) is 5.24. The summed E-state index contributed by atoms with van der Waals surface area (Å²) in [7, 11) is 0. The van der Waals surface area contributed by atoms with Gasteiger partial charge in [-0.05, 0) is 6.07 Å². The molecule has 16 heavy (non-hydrogen) atoms. The van der Waals surface area contributed by atoms with E-state index in [1.807, 2.05) is 0 Å². The second-order valence-corrected chi connectivity index (χ2v) is 3.68. The molecule has 0 aliphatic heterocycles. The van der Waals surface area contributed by atoms with Crippen LogP contribution >= 0.6 is 15.9 Å². The van der Waals surface area contributed by atoms with Gasteiger partial charge in [-0.15, -0.1) is 5.46 Å². The van der Waals surface area contributed by atoms with Crippen molar-refractivity contribution in [2.75, 3.05) is 0 Å². The molecule has 8 heteroatoms. The van der Waals surface area contributed by atoms with Crippen LogP contribution in [0.5, 0.6) is 0 Å². The Kier molecular flexibility index (Phi) is 3.61. The standard InChI is InChI=1S/C8H5BBrF6/c10-4-5-3-6(8(11,12)13)1-2-7(5)9(14,15)16/h1-3H,4H2/q-1. The predicted octanol–water partition coefficient (Wildman–Crippen LogP) is 3.65. The van der Waals surface area contributed by atoms with Gasteiger partial charge in [0.05, 0.1) is 5.56 Å². The van der Waals surface area contributed by atoms with Gasteiger partial charge in [0.1, 0.15) is 0 Å². The molecule has 0 atom stereocenters. The van der Waals surface area contributed by atoms with Crippen LogP contribution in [0.25, 0.3) is 0 Å². The minimum absolute atomic E-state index is 0.270. The first kappa shape index (κ1) is 13.4. The van der Waals surface area contributed by atoms with Gasteiger partial charge in [-0.1, -0.05) is 33.6 Å². The van der Waals surface area contributed by atoms with E-state index < -0.39 is 29.7 Å². The molecule has 0 bridgehead atoms. The van der Waals surface area contributed by atoms with E-state index in [9.17, 15) is 26.1 Å². The van der Waals surface area contributed by atoms with Crippen molar-refractivity contribution < 1.29 is 26.1 Å². The van der Waals surface area contributed by atoms with Crippen LogP contribution in [0, 0.1) is 0 Å². The highest BCUT2D eigenvalue weighted by Crippen LogP contribution is 2.30. The second-order valence-electron chi connectivity index (χ2n) is 3.12. The third kappa shape index (κ3) is 2.93. The van der Waals surface area contributed by atoms with E-state index in [-0.39, 0.29) is 5.33 Å². The van der Waals surface area contributed by atoms with E-state index in [4.69, 9.17) is 0 Å². The molecule has 0 aliphatic rings. The topological polar surface area (TPSA) is 0 Å². The van der Waals surface area contributed by atoms with Gasteiger partial charge in [-0.25, -0.2) is 0 Å². The van der Waals surface area contributed by atoms with Crippen LogP contribution < -0.4 is 5.46 Å². The van der Waals surface area contributed by atoms with E-state index in [0.29, 0.717) is 18.2 Å². The normalized spacial score (nSPS) is 12.9. The Morgan fingerprint density at radius 1 is 1.12 bits per heavy atom.